The van der Waals surface area contributed by atoms with Crippen molar-refractivity contribution >= 4 is 51.3 Å². The van der Waals surface area contributed by atoms with Crippen LogP contribution >= 0.6 is 22.9 Å². The number of aryl methyl sites for hydroxylation is 2. The number of nitro benzene ring substituents is 1. The number of carbonyl (C=O) groups excluding carboxylic acids is 2. The third kappa shape index (κ3) is 5.30. The standard InChI is InChI=1S/C22H20ClN3O5S/c1-13-8-14(2)21(18(23)9-13)25(15(3)27)22-24-17(12-32-22)11-31-20(28)10-16-6-4-5-7-19(16)26(29)30/h4-9,12H,10-11H2,1-3H3. The first-order chi connectivity index (χ1) is 15.2. The second-order valence-electron chi connectivity index (χ2n) is 7.11. The van der Waals surface area contributed by atoms with Crippen LogP contribution in [-0.4, -0.2) is 21.8 Å². The molecule has 0 fully saturated rings. The Labute approximate surface area is 193 Å². The molecule has 0 unspecified atom stereocenters. The second kappa shape index (κ2) is 9.88. The van der Waals surface area contributed by atoms with Crippen LogP contribution in [0.5, 0.6) is 0 Å². The third-order valence-corrected chi connectivity index (χ3v) is 5.73. The van der Waals surface area contributed by atoms with Gasteiger partial charge in [-0.25, -0.2) is 4.98 Å². The van der Waals surface area contributed by atoms with Crippen molar-refractivity contribution in [2.45, 2.75) is 33.8 Å². The zero-order valence-electron chi connectivity index (χ0n) is 17.6. The van der Waals surface area contributed by atoms with E-state index in [2.05, 4.69) is 4.98 Å². The summed E-state index contributed by atoms with van der Waals surface area (Å²) in [6.07, 6.45) is -0.230. The first kappa shape index (κ1) is 23.4. The number of nitro groups is 1. The Kier molecular flexibility index (Phi) is 7.22. The predicted molar refractivity (Wildman–Crippen MR) is 122 cm³/mol. The van der Waals surface area contributed by atoms with Crippen LogP contribution in [0.4, 0.5) is 16.5 Å². The van der Waals surface area contributed by atoms with E-state index < -0.39 is 10.9 Å². The topological polar surface area (TPSA) is 103 Å². The molecule has 10 heteroatoms. The molecule has 0 saturated carbocycles. The number of carbonyl (C=O) groups is 2. The highest BCUT2D eigenvalue weighted by atomic mass is 35.5. The van der Waals surface area contributed by atoms with Gasteiger partial charge in [-0.05, 0) is 31.0 Å². The average Bonchev–Trinajstić information content (AvgIpc) is 3.17. The number of esters is 1. The van der Waals surface area contributed by atoms with Crippen molar-refractivity contribution in [3.05, 3.63) is 79.3 Å². The molecule has 1 aromatic heterocycles. The van der Waals surface area contributed by atoms with Crippen LogP contribution in [0.3, 0.4) is 0 Å². The van der Waals surface area contributed by atoms with Crippen molar-refractivity contribution in [3.8, 4) is 0 Å². The number of amides is 1. The van der Waals surface area contributed by atoms with Crippen molar-refractivity contribution in [3.63, 3.8) is 0 Å². The van der Waals surface area contributed by atoms with E-state index in [1.165, 1.54) is 41.4 Å². The van der Waals surface area contributed by atoms with Gasteiger partial charge < -0.3 is 4.74 Å². The first-order valence-corrected chi connectivity index (χ1v) is 10.8. The van der Waals surface area contributed by atoms with Crippen molar-refractivity contribution < 1.29 is 19.2 Å². The number of hydrogen-bond donors (Lipinski definition) is 0. The monoisotopic (exact) mass is 473 g/mol. The van der Waals surface area contributed by atoms with Gasteiger partial charge in [0.05, 0.1) is 27.7 Å². The molecule has 3 aromatic rings. The number of thiazole rings is 1. The molecule has 1 heterocycles. The molecule has 3 rings (SSSR count). The summed E-state index contributed by atoms with van der Waals surface area (Å²) in [5, 5.41) is 13.6. The minimum atomic E-state index is -0.616. The van der Waals surface area contributed by atoms with Gasteiger partial charge in [-0.2, -0.15) is 0 Å². The van der Waals surface area contributed by atoms with Crippen LogP contribution in [0.25, 0.3) is 0 Å². The van der Waals surface area contributed by atoms with Crippen LogP contribution in [0, 0.1) is 24.0 Å². The highest BCUT2D eigenvalue weighted by molar-refractivity contribution is 7.14. The van der Waals surface area contributed by atoms with Crippen molar-refractivity contribution in [1.29, 1.82) is 0 Å². The van der Waals surface area contributed by atoms with Gasteiger partial charge in [0.25, 0.3) is 5.69 Å². The van der Waals surface area contributed by atoms with E-state index in [0.717, 1.165) is 11.1 Å². The maximum Gasteiger partial charge on any atom is 0.310 e. The molecule has 0 bridgehead atoms. The van der Waals surface area contributed by atoms with E-state index in [1.807, 2.05) is 19.9 Å². The summed E-state index contributed by atoms with van der Waals surface area (Å²) in [7, 11) is 0. The lowest BCUT2D eigenvalue weighted by Crippen LogP contribution is -2.24. The fraction of sp³-hybridized carbons (Fsp3) is 0.227. The van der Waals surface area contributed by atoms with Crippen molar-refractivity contribution in [1.82, 2.24) is 4.98 Å². The first-order valence-electron chi connectivity index (χ1n) is 9.57. The molecule has 0 atom stereocenters. The minimum Gasteiger partial charge on any atom is -0.459 e. The summed E-state index contributed by atoms with van der Waals surface area (Å²) in [4.78, 5) is 41.0. The smallest absolute Gasteiger partial charge is 0.310 e. The molecule has 0 aliphatic carbocycles. The van der Waals surface area contributed by atoms with Gasteiger partial charge in [0.15, 0.2) is 5.13 Å². The van der Waals surface area contributed by atoms with E-state index in [0.29, 0.717) is 21.5 Å². The zero-order valence-corrected chi connectivity index (χ0v) is 19.2. The molecule has 0 N–H and O–H groups in total. The number of aromatic nitrogens is 1. The summed E-state index contributed by atoms with van der Waals surface area (Å²) in [5.41, 5.74) is 2.95. The van der Waals surface area contributed by atoms with E-state index >= 15 is 0 Å². The molecule has 8 nitrogen and oxygen atoms in total. The number of halogens is 1. The maximum absolute atomic E-state index is 12.4. The zero-order chi connectivity index (χ0) is 23.4. The van der Waals surface area contributed by atoms with Gasteiger partial charge in [-0.15, -0.1) is 11.3 Å². The van der Waals surface area contributed by atoms with Gasteiger partial charge in [-0.3, -0.25) is 24.6 Å². The number of benzene rings is 2. The molecule has 166 valence electrons. The van der Waals surface area contributed by atoms with E-state index in [4.69, 9.17) is 16.3 Å². The second-order valence-corrected chi connectivity index (χ2v) is 8.36. The lowest BCUT2D eigenvalue weighted by atomic mass is 10.1. The predicted octanol–water partition coefficient (Wildman–Crippen LogP) is 5.29. The quantitative estimate of drug-likeness (QED) is 0.262. The number of anilines is 2. The fourth-order valence-electron chi connectivity index (χ4n) is 3.24. The largest absolute Gasteiger partial charge is 0.459 e. The summed E-state index contributed by atoms with van der Waals surface area (Å²) >= 11 is 7.63. The van der Waals surface area contributed by atoms with E-state index in [-0.39, 0.29) is 30.2 Å². The van der Waals surface area contributed by atoms with Crippen LogP contribution < -0.4 is 4.90 Å². The van der Waals surface area contributed by atoms with Crippen LogP contribution in [0.15, 0.2) is 41.8 Å². The van der Waals surface area contributed by atoms with Crippen molar-refractivity contribution in [2.75, 3.05) is 4.90 Å². The number of nitrogens with zero attached hydrogens (tertiary/aromatic N) is 3. The third-order valence-electron chi connectivity index (χ3n) is 4.57. The number of para-hydroxylation sites is 1. The van der Waals surface area contributed by atoms with Gasteiger partial charge >= 0.3 is 5.97 Å². The Hall–Kier alpha value is -3.30. The van der Waals surface area contributed by atoms with Crippen LogP contribution in [0.1, 0.15) is 29.3 Å². The number of hydrogen-bond acceptors (Lipinski definition) is 7. The van der Waals surface area contributed by atoms with Crippen molar-refractivity contribution in [2.24, 2.45) is 0 Å². The molecular formula is C22H20ClN3O5S. The fourth-order valence-corrected chi connectivity index (χ4v) is 4.51. The molecule has 0 spiro atoms. The van der Waals surface area contributed by atoms with E-state index in [9.17, 15) is 19.7 Å². The molecule has 0 saturated heterocycles. The lowest BCUT2D eigenvalue weighted by Gasteiger charge is -2.22. The molecule has 32 heavy (non-hydrogen) atoms. The van der Waals surface area contributed by atoms with Gasteiger partial charge in [0.1, 0.15) is 6.61 Å². The summed E-state index contributed by atoms with van der Waals surface area (Å²) in [6.45, 7) is 5.08. The Morgan fingerprint density at radius 2 is 1.97 bits per heavy atom. The highest BCUT2D eigenvalue weighted by Crippen LogP contribution is 2.37. The van der Waals surface area contributed by atoms with Crippen LogP contribution in [-0.2, 0) is 27.4 Å². The highest BCUT2D eigenvalue weighted by Gasteiger charge is 2.23. The van der Waals surface area contributed by atoms with Gasteiger partial charge in [-0.1, -0.05) is 35.9 Å². The number of ether oxygens (including phenoxy) is 1. The Morgan fingerprint density at radius 3 is 2.62 bits per heavy atom. The lowest BCUT2D eigenvalue weighted by molar-refractivity contribution is -0.385. The molecule has 2 aromatic carbocycles. The summed E-state index contributed by atoms with van der Waals surface area (Å²) in [6, 6.07) is 9.71. The van der Waals surface area contributed by atoms with E-state index in [1.54, 1.807) is 17.5 Å². The SMILES string of the molecule is CC(=O)N(c1nc(COC(=O)Cc2ccccc2[N+](=O)[O-])cs1)c1c(C)cc(C)cc1Cl. The Bertz CT molecular complexity index is 1170. The summed E-state index contributed by atoms with van der Waals surface area (Å²) in [5.74, 6) is -0.872. The minimum absolute atomic E-state index is 0.123. The molecule has 1 amide bonds. The van der Waals surface area contributed by atoms with Gasteiger partial charge in [0.2, 0.25) is 5.91 Å². The average molecular weight is 474 g/mol. The molecule has 0 aliphatic heterocycles. The number of rotatable bonds is 7. The molecule has 0 aliphatic rings. The normalized spacial score (nSPS) is 10.6. The maximum atomic E-state index is 12.4. The van der Waals surface area contributed by atoms with Crippen LogP contribution in [0.2, 0.25) is 5.02 Å². The molecule has 0 radical (unpaired) electrons. The Morgan fingerprint density at radius 1 is 1.25 bits per heavy atom. The Balaban J connectivity index is 1.73. The van der Waals surface area contributed by atoms with Gasteiger partial charge in [0, 0.05) is 23.9 Å². The summed E-state index contributed by atoms with van der Waals surface area (Å²) < 4.78 is 5.24. The molecular weight excluding hydrogens is 454 g/mol.